The molecule has 5 nitrogen and oxygen atoms in total. The zero-order chi connectivity index (χ0) is 14.5. The van der Waals surface area contributed by atoms with Crippen LogP contribution in [-0.2, 0) is 0 Å². The van der Waals surface area contributed by atoms with E-state index in [1.807, 2.05) is 0 Å². The fourth-order valence-corrected chi connectivity index (χ4v) is 1.44. The average molecular weight is 273 g/mol. The highest BCUT2D eigenvalue weighted by molar-refractivity contribution is 6.00. The van der Waals surface area contributed by atoms with Crippen molar-refractivity contribution in [2.24, 2.45) is 0 Å². The summed E-state index contributed by atoms with van der Waals surface area (Å²) >= 11 is 0. The predicted octanol–water partition coefficient (Wildman–Crippen LogP) is 1.06. The lowest BCUT2D eigenvalue weighted by atomic mass is 10.1. The van der Waals surface area contributed by atoms with E-state index in [2.05, 4.69) is 10.6 Å². The van der Waals surface area contributed by atoms with E-state index in [1.54, 1.807) is 6.92 Å². The lowest BCUT2D eigenvalue weighted by Crippen LogP contribution is -2.32. The Balaban J connectivity index is 2.91. The number of amides is 1. The third kappa shape index (κ3) is 4.36. The summed E-state index contributed by atoms with van der Waals surface area (Å²) in [6, 6.07) is 4.37. The molecule has 1 rings (SSSR count). The summed E-state index contributed by atoms with van der Waals surface area (Å²) in [6.07, 6.45) is 0. The average Bonchev–Trinajstić information content (AvgIpc) is 2.37. The van der Waals surface area contributed by atoms with Gasteiger partial charge in [-0.15, -0.1) is 0 Å². The molecule has 0 aliphatic carbocycles. The minimum absolute atomic E-state index is 0.207. The lowest BCUT2D eigenvalue weighted by Gasteiger charge is -2.17. The number of carbonyl (C=O) groups is 1. The van der Waals surface area contributed by atoms with Gasteiger partial charge in [0.05, 0.1) is 12.1 Å². The molecule has 0 aliphatic rings. The van der Waals surface area contributed by atoms with Crippen LogP contribution in [0.4, 0.5) is 20.2 Å². The molecule has 0 fully saturated rings. The van der Waals surface area contributed by atoms with Crippen molar-refractivity contribution in [3.63, 3.8) is 0 Å². The van der Waals surface area contributed by atoms with Crippen LogP contribution in [0.15, 0.2) is 18.2 Å². The Morgan fingerprint density at radius 2 is 2.16 bits per heavy atom. The first-order valence-electron chi connectivity index (χ1n) is 5.80. The smallest absolute Gasteiger partial charge is 0.287 e. The Morgan fingerprint density at radius 3 is 2.74 bits per heavy atom. The number of hydrogen-bond donors (Lipinski definition) is 4. The topological polar surface area (TPSA) is 87.4 Å². The van der Waals surface area contributed by atoms with Crippen LogP contribution in [0.2, 0.25) is 0 Å². The standard InChI is InChI=1S/C12H17F2N3O2/c1-2-16-11(19)9-4-3-8(15)5-10(9)17-6-12(13,14)7-18/h3-5,17-18H,2,6-7,15H2,1H3,(H,16,19). The summed E-state index contributed by atoms with van der Waals surface area (Å²) in [7, 11) is 0. The normalized spacial score (nSPS) is 11.2. The van der Waals surface area contributed by atoms with Crippen LogP contribution in [0.25, 0.3) is 0 Å². The molecule has 0 atom stereocenters. The first-order chi connectivity index (χ1) is 8.89. The summed E-state index contributed by atoms with van der Waals surface area (Å²) in [6.45, 7) is 0.135. The van der Waals surface area contributed by atoms with Gasteiger partial charge in [-0.05, 0) is 25.1 Å². The summed E-state index contributed by atoms with van der Waals surface area (Å²) in [4.78, 5) is 11.7. The molecule has 0 spiro atoms. The van der Waals surface area contributed by atoms with Gasteiger partial charge in [0.2, 0.25) is 0 Å². The molecule has 7 heteroatoms. The van der Waals surface area contributed by atoms with Crippen molar-refractivity contribution in [2.75, 3.05) is 30.7 Å². The Kier molecular flexibility index (Phi) is 5.05. The summed E-state index contributed by atoms with van der Waals surface area (Å²) in [5, 5.41) is 13.5. The maximum absolute atomic E-state index is 13.0. The molecule has 0 aromatic heterocycles. The molecule has 0 heterocycles. The second kappa shape index (κ2) is 6.33. The number of nitrogens with one attached hydrogen (secondary N) is 2. The first-order valence-corrected chi connectivity index (χ1v) is 5.80. The third-order valence-electron chi connectivity index (χ3n) is 2.39. The molecular weight excluding hydrogens is 256 g/mol. The Hall–Kier alpha value is -1.89. The number of aliphatic hydroxyl groups excluding tert-OH is 1. The second-order valence-corrected chi connectivity index (χ2v) is 4.03. The van der Waals surface area contributed by atoms with Gasteiger partial charge in [-0.2, -0.15) is 0 Å². The number of hydrogen-bond acceptors (Lipinski definition) is 4. The predicted molar refractivity (Wildman–Crippen MR) is 69.4 cm³/mol. The van der Waals surface area contributed by atoms with E-state index < -0.39 is 19.1 Å². The first kappa shape index (κ1) is 15.2. The number of benzene rings is 1. The van der Waals surface area contributed by atoms with Gasteiger partial charge in [-0.1, -0.05) is 0 Å². The number of aliphatic hydroxyl groups is 1. The van der Waals surface area contributed by atoms with E-state index in [-0.39, 0.29) is 17.2 Å². The minimum Gasteiger partial charge on any atom is -0.399 e. The number of alkyl halides is 2. The van der Waals surface area contributed by atoms with Crippen LogP contribution < -0.4 is 16.4 Å². The van der Waals surface area contributed by atoms with Crippen LogP contribution in [0.3, 0.4) is 0 Å². The van der Waals surface area contributed by atoms with Crippen LogP contribution >= 0.6 is 0 Å². The van der Waals surface area contributed by atoms with E-state index in [0.717, 1.165) is 0 Å². The molecule has 1 aromatic carbocycles. The van der Waals surface area contributed by atoms with E-state index in [0.29, 0.717) is 12.2 Å². The van der Waals surface area contributed by atoms with E-state index >= 15 is 0 Å². The fraction of sp³-hybridized carbons (Fsp3) is 0.417. The maximum Gasteiger partial charge on any atom is 0.287 e. The molecule has 1 amide bonds. The molecule has 19 heavy (non-hydrogen) atoms. The number of anilines is 2. The molecule has 0 radical (unpaired) electrons. The van der Waals surface area contributed by atoms with E-state index in [1.165, 1.54) is 18.2 Å². The summed E-state index contributed by atoms with van der Waals surface area (Å²) < 4.78 is 26.0. The lowest BCUT2D eigenvalue weighted by molar-refractivity contribution is -0.0372. The maximum atomic E-state index is 13.0. The Labute approximate surface area is 109 Å². The van der Waals surface area contributed by atoms with Crippen molar-refractivity contribution >= 4 is 17.3 Å². The van der Waals surface area contributed by atoms with Crippen molar-refractivity contribution in [3.05, 3.63) is 23.8 Å². The third-order valence-corrected chi connectivity index (χ3v) is 2.39. The van der Waals surface area contributed by atoms with Gasteiger partial charge in [0.25, 0.3) is 11.8 Å². The van der Waals surface area contributed by atoms with Gasteiger partial charge in [0, 0.05) is 17.9 Å². The van der Waals surface area contributed by atoms with Crippen LogP contribution in [-0.4, -0.2) is 36.6 Å². The summed E-state index contributed by atoms with van der Waals surface area (Å²) in [5.74, 6) is -3.64. The monoisotopic (exact) mass is 273 g/mol. The molecule has 0 saturated carbocycles. The molecule has 0 bridgehead atoms. The molecule has 1 aromatic rings. The van der Waals surface area contributed by atoms with Gasteiger partial charge in [0.15, 0.2) is 0 Å². The van der Waals surface area contributed by atoms with Gasteiger partial charge < -0.3 is 21.5 Å². The zero-order valence-electron chi connectivity index (χ0n) is 10.5. The minimum atomic E-state index is -3.26. The highest BCUT2D eigenvalue weighted by atomic mass is 19.3. The largest absolute Gasteiger partial charge is 0.399 e. The highest BCUT2D eigenvalue weighted by Gasteiger charge is 2.27. The second-order valence-electron chi connectivity index (χ2n) is 4.03. The zero-order valence-corrected chi connectivity index (χ0v) is 10.5. The van der Waals surface area contributed by atoms with Gasteiger partial charge in [-0.3, -0.25) is 4.79 Å². The Bertz CT molecular complexity index is 453. The number of halogens is 2. The molecule has 0 aliphatic heterocycles. The molecule has 0 unspecified atom stereocenters. The number of nitrogen functional groups attached to an aromatic ring is 1. The summed E-state index contributed by atoms with van der Waals surface area (Å²) in [5.41, 5.74) is 6.35. The van der Waals surface area contributed by atoms with Crippen molar-refractivity contribution in [3.8, 4) is 0 Å². The van der Waals surface area contributed by atoms with Crippen LogP contribution in [0.5, 0.6) is 0 Å². The van der Waals surface area contributed by atoms with Crippen molar-refractivity contribution in [1.82, 2.24) is 5.32 Å². The Morgan fingerprint density at radius 1 is 1.47 bits per heavy atom. The van der Waals surface area contributed by atoms with Crippen LogP contribution in [0, 0.1) is 0 Å². The number of rotatable bonds is 6. The molecular formula is C12H17F2N3O2. The fourth-order valence-electron chi connectivity index (χ4n) is 1.44. The van der Waals surface area contributed by atoms with Gasteiger partial charge in [-0.25, -0.2) is 8.78 Å². The number of nitrogens with two attached hydrogens (primary N) is 1. The highest BCUT2D eigenvalue weighted by Crippen LogP contribution is 2.21. The van der Waals surface area contributed by atoms with Crippen molar-refractivity contribution in [2.45, 2.75) is 12.8 Å². The molecule has 5 N–H and O–H groups in total. The van der Waals surface area contributed by atoms with Gasteiger partial charge in [0.1, 0.15) is 6.61 Å². The van der Waals surface area contributed by atoms with Crippen molar-refractivity contribution < 1.29 is 18.7 Å². The van der Waals surface area contributed by atoms with E-state index in [4.69, 9.17) is 10.8 Å². The SMILES string of the molecule is CCNC(=O)c1ccc(N)cc1NCC(F)(F)CO. The molecule has 106 valence electrons. The van der Waals surface area contributed by atoms with E-state index in [9.17, 15) is 13.6 Å². The van der Waals surface area contributed by atoms with Crippen molar-refractivity contribution in [1.29, 1.82) is 0 Å². The van der Waals surface area contributed by atoms with Gasteiger partial charge >= 0.3 is 0 Å². The number of carbonyl (C=O) groups excluding carboxylic acids is 1. The molecule has 0 saturated heterocycles. The van der Waals surface area contributed by atoms with Crippen LogP contribution in [0.1, 0.15) is 17.3 Å². The quantitative estimate of drug-likeness (QED) is 0.584.